The van der Waals surface area contributed by atoms with E-state index in [1.165, 1.54) is 31.3 Å². The van der Waals surface area contributed by atoms with Gasteiger partial charge in [-0.2, -0.15) is 8.42 Å². The number of aliphatic hydroxyl groups is 1. The van der Waals surface area contributed by atoms with E-state index >= 15 is 0 Å². The molecule has 0 spiro atoms. The number of benzene rings is 1. The summed E-state index contributed by atoms with van der Waals surface area (Å²) >= 11 is 0. The Morgan fingerprint density at radius 2 is 1.76 bits per heavy atom. The van der Waals surface area contributed by atoms with Crippen molar-refractivity contribution < 1.29 is 27.6 Å². The number of hydrogen-bond donors (Lipinski definition) is 2. The van der Waals surface area contributed by atoms with Crippen molar-refractivity contribution in [2.75, 3.05) is 5.75 Å². The standard InChI is InChI=1S/C35H52O6S/c1-23(11-12-26(33(2,3)37)22-42(38,39)40)29-15-16-30-28-14-13-25-21-27(41-32(36)24-9-7-6-8-10-24)17-19-34(25,4)31(28)18-20-35(29,30)5/h6-10,13,23,26-31,37H,11-12,14-22H2,1-5H3,(H,38,39,40)/t23-,26?,27+,28+,29-,30+,31+,34+,35-/m1/s1. The quantitative estimate of drug-likeness (QED) is 0.173. The van der Waals surface area contributed by atoms with E-state index < -0.39 is 27.4 Å². The van der Waals surface area contributed by atoms with Crippen LogP contribution in [0.2, 0.25) is 0 Å². The number of hydrogen-bond acceptors (Lipinski definition) is 5. The van der Waals surface area contributed by atoms with Crippen molar-refractivity contribution in [3.8, 4) is 0 Å². The van der Waals surface area contributed by atoms with E-state index in [2.05, 4.69) is 26.8 Å². The van der Waals surface area contributed by atoms with Crippen LogP contribution in [-0.4, -0.2) is 41.5 Å². The maximum absolute atomic E-state index is 12.7. The fourth-order valence-electron chi connectivity index (χ4n) is 10.1. The number of esters is 1. The summed E-state index contributed by atoms with van der Waals surface area (Å²) in [5.41, 5.74) is 1.42. The highest BCUT2D eigenvalue weighted by Gasteiger charge is 2.59. The van der Waals surface area contributed by atoms with Crippen molar-refractivity contribution in [1.82, 2.24) is 0 Å². The van der Waals surface area contributed by atoms with Crippen LogP contribution in [0.3, 0.4) is 0 Å². The van der Waals surface area contributed by atoms with Gasteiger partial charge in [0.1, 0.15) is 6.10 Å². The minimum absolute atomic E-state index is 0.0484. The monoisotopic (exact) mass is 600 g/mol. The molecule has 1 aromatic rings. The van der Waals surface area contributed by atoms with E-state index in [0.717, 1.165) is 32.1 Å². The zero-order valence-electron chi connectivity index (χ0n) is 26.2. The fraction of sp³-hybridized carbons (Fsp3) is 0.743. The molecule has 4 aliphatic carbocycles. The van der Waals surface area contributed by atoms with Crippen LogP contribution in [0.15, 0.2) is 42.0 Å². The smallest absolute Gasteiger partial charge is 0.338 e. The summed E-state index contributed by atoms with van der Waals surface area (Å²) in [5.74, 6) is 1.97. The van der Waals surface area contributed by atoms with Crippen molar-refractivity contribution in [3.63, 3.8) is 0 Å². The molecule has 0 heterocycles. The molecule has 234 valence electrons. The number of ether oxygens (including phenoxy) is 1. The van der Waals surface area contributed by atoms with Gasteiger partial charge in [-0.15, -0.1) is 0 Å². The summed E-state index contributed by atoms with van der Waals surface area (Å²) in [5, 5.41) is 10.6. The minimum atomic E-state index is -4.15. The summed E-state index contributed by atoms with van der Waals surface area (Å²) in [6, 6.07) is 9.30. The lowest BCUT2D eigenvalue weighted by atomic mass is 9.47. The van der Waals surface area contributed by atoms with E-state index in [0.29, 0.717) is 41.6 Å². The van der Waals surface area contributed by atoms with Crippen molar-refractivity contribution in [1.29, 1.82) is 0 Å². The summed E-state index contributed by atoms with van der Waals surface area (Å²) in [7, 11) is -4.15. The molecule has 42 heavy (non-hydrogen) atoms. The van der Waals surface area contributed by atoms with E-state index in [1.807, 2.05) is 30.3 Å². The maximum Gasteiger partial charge on any atom is 0.338 e. The number of allylic oxidation sites excluding steroid dienone is 1. The van der Waals surface area contributed by atoms with Gasteiger partial charge >= 0.3 is 5.97 Å². The molecule has 5 rings (SSSR count). The molecule has 0 amide bonds. The molecule has 3 fully saturated rings. The molecule has 7 heteroatoms. The van der Waals surface area contributed by atoms with Gasteiger partial charge in [0.15, 0.2) is 0 Å². The van der Waals surface area contributed by atoms with Crippen molar-refractivity contribution >= 4 is 16.1 Å². The van der Waals surface area contributed by atoms with Gasteiger partial charge in [-0.25, -0.2) is 4.79 Å². The highest BCUT2D eigenvalue weighted by Crippen LogP contribution is 2.67. The van der Waals surface area contributed by atoms with Crippen LogP contribution < -0.4 is 0 Å². The summed E-state index contributed by atoms with van der Waals surface area (Å²) in [6.07, 6.45) is 12.8. The zero-order valence-corrected chi connectivity index (χ0v) is 27.0. The predicted molar refractivity (Wildman–Crippen MR) is 165 cm³/mol. The average Bonchev–Trinajstić information content (AvgIpc) is 3.27. The minimum Gasteiger partial charge on any atom is -0.458 e. The Morgan fingerprint density at radius 3 is 2.43 bits per heavy atom. The van der Waals surface area contributed by atoms with Crippen LogP contribution in [0.4, 0.5) is 0 Å². The first-order valence-corrected chi connectivity index (χ1v) is 17.9. The third-order valence-electron chi connectivity index (χ3n) is 12.5. The second-order valence-corrected chi connectivity index (χ2v) is 16.8. The molecule has 4 aliphatic rings. The average molecular weight is 601 g/mol. The first kappa shape index (κ1) is 31.7. The van der Waals surface area contributed by atoms with Crippen LogP contribution in [0.25, 0.3) is 0 Å². The van der Waals surface area contributed by atoms with E-state index in [9.17, 15) is 22.9 Å². The number of rotatable bonds is 9. The Labute approximate surface area is 253 Å². The number of carbonyl (C=O) groups excluding carboxylic acids is 1. The number of fused-ring (bicyclic) bond motifs is 5. The Hall–Kier alpha value is -1.70. The van der Waals surface area contributed by atoms with Crippen molar-refractivity contribution in [2.24, 2.45) is 46.3 Å². The van der Waals surface area contributed by atoms with E-state index in [-0.39, 0.29) is 22.9 Å². The molecule has 1 unspecified atom stereocenters. The molecule has 0 radical (unpaired) electrons. The van der Waals surface area contributed by atoms with Gasteiger partial charge in [0, 0.05) is 12.3 Å². The normalized spacial score (nSPS) is 36.2. The zero-order chi connectivity index (χ0) is 30.5. The maximum atomic E-state index is 12.7. The lowest BCUT2D eigenvalue weighted by Gasteiger charge is -2.58. The van der Waals surface area contributed by atoms with Gasteiger partial charge in [0.05, 0.1) is 16.9 Å². The lowest BCUT2D eigenvalue weighted by Crippen LogP contribution is -2.51. The lowest BCUT2D eigenvalue weighted by molar-refractivity contribution is -0.0602. The van der Waals surface area contributed by atoms with Gasteiger partial charge in [0.25, 0.3) is 10.1 Å². The Kier molecular flexibility index (Phi) is 8.81. The van der Waals surface area contributed by atoms with Gasteiger partial charge < -0.3 is 9.84 Å². The SMILES string of the molecule is C[C@H](CCC(CS(=O)(=O)O)C(C)(C)O)[C@H]1CC[C@H]2[C@@H]3CC=C4C[C@@H](OC(=O)c5ccccc5)CC[C@]4(C)[C@H]3CC[C@]12C. The molecule has 6 nitrogen and oxygen atoms in total. The van der Waals surface area contributed by atoms with Crippen LogP contribution in [-0.2, 0) is 14.9 Å². The van der Waals surface area contributed by atoms with Crippen molar-refractivity contribution in [2.45, 2.75) is 111 Å². The van der Waals surface area contributed by atoms with Gasteiger partial charge in [-0.3, -0.25) is 4.55 Å². The molecular formula is C35H52O6S. The van der Waals surface area contributed by atoms with Crippen molar-refractivity contribution in [3.05, 3.63) is 47.5 Å². The topological polar surface area (TPSA) is 101 Å². The third-order valence-corrected chi connectivity index (χ3v) is 13.3. The molecule has 0 aliphatic heterocycles. The van der Waals surface area contributed by atoms with Crippen LogP contribution in [0, 0.1) is 46.3 Å². The molecule has 2 N–H and O–H groups in total. The fourth-order valence-corrected chi connectivity index (χ4v) is 11.1. The summed E-state index contributed by atoms with van der Waals surface area (Å²) < 4.78 is 38.7. The van der Waals surface area contributed by atoms with Gasteiger partial charge in [-0.05, 0) is 118 Å². The first-order chi connectivity index (χ1) is 19.6. The molecule has 0 saturated heterocycles. The third kappa shape index (κ3) is 6.25. The number of carbonyl (C=O) groups is 1. The molecule has 3 saturated carbocycles. The second kappa shape index (κ2) is 11.7. The molecule has 0 bridgehead atoms. The van der Waals surface area contributed by atoms with E-state index in [1.54, 1.807) is 13.8 Å². The predicted octanol–water partition coefficient (Wildman–Crippen LogP) is 7.48. The van der Waals surface area contributed by atoms with Crippen LogP contribution in [0.5, 0.6) is 0 Å². The largest absolute Gasteiger partial charge is 0.458 e. The molecule has 0 aromatic heterocycles. The van der Waals surface area contributed by atoms with Gasteiger partial charge in [0.2, 0.25) is 0 Å². The highest BCUT2D eigenvalue weighted by atomic mass is 32.2. The summed E-state index contributed by atoms with van der Waals surface area (Å²) in [4.78, 5) is 12.7. The molecular weight excluding hydrogens is 548 g/mol. The first-order valence-electron chi connectivity index (χ1n) is 16.2. The molecule has 1 aromatic carbocycles. The molecule has 9 atom stereocenters. The highest BCUT2D eigenvalue weighted by molar-refractivity contribution is 7.85. The second-order valence-electron chi connectivity index (χ2n) is 15.3. The summed E-state index contributed by atoms with van der Waals surface area (Å²) in [6.45, 7) is 10.6. The van der Waals surface area contributed by atoms with Crippen LogP contribution in [0.1, 0.15) is 109 Å². The Balaban J connectivity index is 1.24. The Bertz CT molecular complexity index is 1270. The van der Waals surface area contributed by atoms with Crippen LogP contribution >= 0.6 is 0 Å². The van der Waals surface area contributed by atoms with E-state index in [4.69, 9.17) is 4.74 Å². The van der Waals surface area contributed by atoms with Gasteiger partial charge in [-0.1, -0.05) is 57.0 Å². The Morgan fingerprint density at radius 1 is 1.05 bits per heavy atom.